The Kier molecular flexibility index (Phi) is 12.4. The van der Waals surface area contributed by atoms with Gasteiger partial charge in [0.25, 0.3) is 0 Å². The van der Waals surface area contributed by atoms with Crippen LogP contribution in [0.3, 0.4) is 0 Å². The molecular formula is C13H25BrO. The Morgan fingerprint density at radius 2 is 1.53 bits per heavy atom. The lowest BCUT2D eigenvalue weighted by atomic mass is 10.1. The van der Waals surface area contributed by atoms with E-state index in [0.29, 0.717) is 0 Å². The van der Waals surface area contributed by atoms with E-state index in [9.17, 15) is 0 Å². The van der Waals surface area contributed by atoms with Gasteiger partial charge in [0.05, 0.1) is 6.61 Å². The number of hydrogen-bond donors (Lipinski definition) is 1. The van der Waals surface area contributed by atoms with E-state index >= 15 is 0 Å². The molecule has 0 aromatic heterocycles. The number of aliphatic hydroxyl groups excluding tert-OH is 1. The molecule has 1 N–H and O–H groups in total. The molecule has 0 aliphatic heterocycles. The molecule has 0 aromatic carbocycles. The van der Waals surface area contributed by atoms with E-state index in [0.717, 1.165) is 10.9 Å². The monoisotopic (exact) mass is 276 g/mol. The average Bonchev–Trinajstić information content (AvgIpc) is 2.26. The maximum absolute atomic E-state index is 8.74. The molecule has 0 atom stereocenters. The third kappa shape index (κ3) is 12.1. The molecule has 0 saturated carbocycles. The van der Waals surface area contributed by atoms with Crippen molar-refractivity contribution in [2.24, 2.45) is 0 Å². The Hall–Kier alpha value is 0.180. The summed E-state index contributed by atoms with van der Waals surface area (Å²) in [5.41, 5.74) is 0. The third-order valence-corrected chi connectivity index (χ3v) is 3.15. The predicted octanol–water partition coefficient (Wildman–Crippen LogP) is 4.79. The SMILES string of the molecule is CCCCCCCCCC/C=C(\Br)CO. The molecule has 0 fully saturated rings. The molecule has 0 unspecified atom stereocenters. The summed E-state index contributed by atoms with van der Waals surface area (Å²) in [6.07, 6.45) is 14.1. The van der Waals surface area contributed by atoms with Gasteiger partial charge in [0.1, 0.15) is 0 Å². The first-order valence-electron chi connectivity index (χ1n) is 6.26. The molecular weight excluding hydrogens is 252 g/mol. The van der Waals surface area contributed by atoms with Gasteiger partial charge < -0.3 is 5.11 Å². The predicted molar refractivity (Wildman–Crippen MR) is 71.3 cm³/mol. The van der Waals surface area contributed by atoms with Gasteiger partial charge in [-0.05, 0) is 12.8 Å². The summed E-state index contributed by atoms with van der Waals surface area (Å²) in [5, 5.41) is 8.74. The molecule has 0 spiro atoms. The van der Waals surface area contributed by atoms with Crippen LogP contribution < -0.4 is 0 Å². The third-order valence-electron chi connectivity index (χ3n) is 2.57. The summed E-state index contributed by atoms with van der Waals surface area (Å²) < 4.78 is 0.922. The van der Waals surface area contributed by atoms with Crippen LogP contribution in [0.2, 0.25) is 0 Å². The van der Waals surface area contributed by atoms with Crippen molar-refractivity contribution in [1.29, 1.82) is 0 Å². The van der Waals surface area contributed by atoms with Crippen molar-refractivity contribution in [3.05, 3.63) is 10.6 Å². The van der Waals surface area contributed by atoms with Crippen molar-refractivity contribution in [3.8, 4) is 0 Å². The first-order chi connectivity index (χ1) is 7.31. The normalized spacial score (nSPS) is 12.1. The molecule has 0 heterocycles. The van der Waals surface area contributed by atoms with E-state index in [4.69, 9.17) is 5.11 Å². The Balaban J connectivity index is 3.05. The van der Waals surface area contributed by atoms with Gasteiger partial charge in [0.2, 0.25) is 0 Å². The molecule has 0 aromatic rings. The highest BCUT2D eigenvalue weighted by molar-refractivity contribution is 9.11. The molecule has 0 aliphatic rings. The highest BCUT2D eigenvalue weighted by Gasteiger charge is 1.91. The van der Waals surface area contributed by atoms with Crippen LogP contribution >= 0.6 is 15.9 Å². The van der Waals surface area contributed by atoms with E-state index in [1.165, 1.54) is 51.4 Å². The van der Waals surface area contributed by atoms with Crippen LogP contribution in [0.25, 0.3) is 0 Å². The Morgan fingerprint density at radius 1 is 1.00 bits per heavy atom. The van der Waals surface area contributed by atoms with Crippen LogP contribution in [0.15, 0.2) is 10.6 Å². The fraction of sp³-hybridized carbons (Fsp3) is 0.846. The lowest BCUT2D eigenvalue weighted by Crippen LogP contribution is -1.82. The summed E-state index contributed by atoms with van der Waals surface area (Å²) in [7, 11) is 0. The van der Waals surface area contributed by atoms with Crippen molar-refractivity contribution >= 4 is 15.9 Å². The number of allylic oxidation sites excluding steroid dienone is 1. The van der Waals surface area contributed by atoms with Gasteiger partial charge >= 0.3 is 0 Å². The van der Waals surface area contributed by atoms with Crippen LogP contribution in [-0.2, 0) is 0 Å². The van der Waals surface area contributed by atoms with Gasteiger partial charge in [0, 0.05) is 4.48 Å². The summed E-state index contributed by atoms with van der Waals surface area (Å²) in [5.74, 6) is 0. The molecule has 0 aliphatic carbocycles. The van der Waals surface area contributed by atoms with E-state index in [2.05, 4.69) is 28.9 Å². The molecule has 15 heavy (non-hydrogen) atoms. The highest BCUT2D eigenvalue weighted by Crippen LogP contribution is 2.11. The summed E-state index contributed by atoms with van der Waals surface area (Å²) >= 11 is 3.30. The van der Waals surface area contributed by atoms with Gasteiger partial charge in [-0.2, -0.15) is 0 Å². The summed E-state index contributed by atoms with van der Waals surface area (Å²) in [6, 6.07) is 0. The van der Waals surface area contributed by atoms with Crippen LogP contribution in [0.1, 0.15) is 64.7 Å². The molecule has 0 bridgehead atoms. The van der Waals surface area contributed by atoms with E-state index in [-0.39, 0.29) is 6.61 Å². The lowest BCUT2D eigenvalue weighted by Gasteiger charge is -2.00. The minimum Gasteiger partial charge on any atom is -0.391 e. The van der Waals surface area contributed by atoms with Crippen molar-refractivity contribution < 1.29 is 5.11 Å². The van der Waals surface area contributed by atoms with Gasteiger partial charge in [-0.1, -0.05) is 73.9 Å². The van der Waals surface area contributed by atoms with E-state index in [1.807, 2.05) is 0 Å². The largest absolute Gasteiger partial charge is 0.391 e. The topological polar surface area (TPSA) is 20.2 Å². The van der Waals surface area contributed by atoms with E-state index < -0.39 is 0 Å². The van der Waals surface area contributed by atoms with E-state index in [1.54, 1.807) is 0 Å². The van der Waals surface area contributed by atoms with Crippen molar-refractivity contribution in [2.45, 2.75) is 64.7 Å². The maximum atomic E-state index is 8.74. The molecule has 1 nitrogen and oxygen atoms in total. The highest BCUT2D eigenvalue weighted by atomic mass is 79.9. The standard InChI is InChI=1S/C13H25BrO/c1-2-3-4-5-6-7-8-9-10-11-13(14)12-15/h11,15H,2-10,12H2,1H3/b13-11-. The Bertz CT molecular complexity index is 155. The van der Waals surface area contributed by atoms with Gasteiger partial charge in [-0.15, -0.1) is 0 Å². The van der Waals surface area contributed by atoms with Crippen LogP contribution in [0.4, 0.5) is 0 Å². The first kappa shape index (κ1) is 15.2. The Morgan fingerprint density at radius 3 is 2.07 bits per heavy atom. The van der Waals surface area contributed by atoms with Gasteiger partial charge in [-0.25, -0.2) is 0 Å². The lowest BCUT2D eigenvalue weighted by molar-refractivity contribution is 0.339. The second-order valence-electron chi connectivity index (χ2n) is 4.07. The summed E-state index contributed by atoms with van der Waals surface area (Å²) in [6.45, 7) is 2.39. The molecule has 0 saturated heterocycles. The molecule has 90 valence electrons. The Labute approximate surface area is 103 Å². The smallest absolute Gasteiger partial charge is 0.0743 e. The molecule has 0 rings (SSSR count). The molecule has 0 amide bonds. The minimum atomic E-state index is 0.136. The number of aliphatic hydroxyl groups is 1. The number of halogens is 1. The van der Waals surface area contributed by atoms with Crippen LogP contribution in [0.5, 0.6) is 0 Å². The van der Waals surface area contributed by atoms with Crippen molar-refractivity contribution in [1.82, 2.24) is 0 Å². The van der Waals surface area contributed by atoms with Gasteiger partial charge in [-0.3, -0.25) is 0 Å². The zero-order chi connectivity index (χ0) is 11.4. The average molecular weight is 277 g/mol. The second kappa shape index (κ2) is 12.3. The second-order valence-corrected chi connectivity index (χ2v) is 5.09. The maximum Gasteiger partial charge on any atom is 0.0743 e. The van der Waals surface area contributed by atoms with Crippen LogP contribution in [0, 0.1) is 0 Å². The number of hydrogen-bond acceptors (Lipinski definition) is 1. The summed E-state index contributed by atoms with van der Waals surface area (Å²) in [4.78, 5) is 0. The van der Waals surface area contributed by atoms with Crippen molar-refractivity contribution in [2.75, 3.05) is 6.61 Å². The fourth-order valence-corrected chi connectivity index (χ4v) is 1.83. The molecule has 2 heteroatoms. The van der Waals surface area contributed by atoms with Gasteiger partial charge in [0.15, 0.2) is 0 Å². The first-order valence-corrected chi connectivity index (χ1v) is 7.06. The number of unbranched alkanes of at least 4 members (excludes halogenated alkanes) is 8. The zero-order valence-corrected chi connectivity index (χ0v) is 11.6. The number of rotatable bonds is 10. The minimum absolute atomic E-state index is 0.136. The van der Waals surface area contributed by atoms with Crippen LogP contribution in [-0.4, -0.2) is 11.7 Å². The zero-order valence-electron chi connectivity index (χ0n) is 9.97. The van der Waals surface area contributed by atoms with Crippen molar-refractivity contribution in [3.63, 3.8) is 0 Å². The fourth-order valence-electron chi connectivity index (χ4n) is 1.60. The molecule has 0 radical (unpaired) electrons. The quantitative estimate of drug-likeness (QED) is 0.569.